The SMILES string of the molecule is CC1CCC(C)C(NCC2CN(C(=O)OCc3ccccc3)CCO2)C1. The second kappa shape index (κ2) is 9.38. The minimum Gasteiger partial charge on any atom is -0.445 e. The third kappa shape index (κ3) is 5.45. The molecule has 4 unspecified atom stereocenters. The van der Waals surface area contributed by atoms with Crippen molar-refractivity contribution in [3.05, 3.63) is 35.9 Å². The zero-order chi connectivity index (χ0) is 18.4. The van der Waals surface area contributed by atoms with Gasteiger partial charge in [-0.05, 0) is 30.2 Å². The van der Waals surface area contributed by atoms with Crippen molar-refractivity contribution in [2.24, 2.45) is 11.8 Å². The molecular weight excluding hydrogens is 328 g/mol. The maximum Gasteiger partial charge on any atom is 0.410 e. The molecule has 1 aliphatic heterocycles. The second-order valence-corrected chi connectivity index (χ2v) is 7.89. The Hall–Kier alpha value is -1.59. The Labute approximate surface area is 157 Å². The van der Waals surface area contributed by atoms with Gasteiger partial charge in [0.1, 0.15) is 6.61 Å². The number of amides is 1. The summed E-state index contributed by atoms with van der Waals surface area (Å²) < 4.78 is 11.3. The summed E-state index contributed by atoms with van der Waals surface area (Å²) >= 11 is 0. The van der Waals surface area contributed by atoms with Crippen LogP contribution in [0.25, 0.3) is 0 Å². The fourth-order valence-corrected chi connectivity index (χ4v) is 3.92. The van der Waals surface area contributed by atoms with E-state index in [2.05, 4.69) is 19.2 Å². The van der Waals surface area contributed by atoms with Crippen LogP contribution in [-0.2, 0) is 16.1 Å². The van der Waals surface area contributed by atoms with Gasteiger partial charge in [0.25, 0.3) is 0 Å². The van der Waals surface area contributed by atoms with Crippen LogP contribution in [-0.4, -0.2) is 49.4 Å². The lowest BCUT2D eigenvalue weighted by Crippen LogP contribution is -2.51. The summed E-state index contributed by atoms with van der Waals surface area (Å²) in [5, 5.41) is 3.69. The van der Waals surface area contributed by atoms with E-state index in [1.807, 2.05) is 30.3 Å². The van der Waals surface area contributed by atoms with Gasteiger partial charge in [0.15, 0.2) is 0 Å². The van der Waals surface area contributed by atoms with Crippen LogP contribution in [0.15, 0.2) is 30.3 Å². The summed E-state index contributed by atoms with van der Waals surface area (Å²) in [5.41, 5.74) is 1.01. The highest BCUT2D eigenvalue weighted by atomic mass is 16.6. The Morgan fingerprint density at radius 2 is 2.08 bits per heavy atom. The van der Waals surface area contributed by atoms with Crippen LogP contribution >= 0.6 is 0 Å². The van der Waals surface area contributed by atoms with Gasteiger partial charge in [-0.3, -0.25) is 0 Å². The Morgan fingerprint density at radius 3 is 2.88 bits per heavy atom. The Kier molecular flexibility index (Phi) is 6.92. The van der Waals surface area contributed by atoms with E-state index in [1.54, 1.807) is 4.90 Å². The van der Waals surface area contributed by atoms with Gasteiger partial charge in [-0.25, -0.2) is 4.79 Å². The van der Waals surface area contributed by atoms with E-state index in [-0.39, 0.29) is 12.2 Å². The quantitative estimate of drug-likeness (QED) is 0.874. The predicted octanol–water partition coefficient (Wildman–Crippen LogP) is 3.44. The summed E-state index contributed by atoms with van der Waals surface area (Å²) in [6, 6.07) is 10.3. The van der Waals surface area contributed by atoms with Crippen LogP contribution in [0.5, 0.6) is 0 Å². The topological polar surface area (TPSA) is 50.8 Å². The van der Waals surface area contributed by atoms with Gasteiger partial charge in [-0.15, -0.1) is 0 Å². The molecule has 0 radical (unpaired) electrons. The molecule has 2 aliphatic rings. The van der Waals surface area contributed by atoms with Gasteiger partial charge in [-0.1, -0.05) is 50.6 Å². The number of carbonyl (C=O) groups is 1. The van der Waals surface area contributed by atoms with Gasteiger partial charge in [-0.2, -0.15) is 0 Å². The number of rotatable bonds is 5. The predicted molar refractivity (Wildman–Crippen MR) is 102 cm³/mol. The maximum atomic E-state index is 12.3. The number of morpholine rings is 1. The summed E-state index contributed by atoms with van der Waals surface area (Å²) in [4.78, 5) is 14.1. The van der Waals surface area contributed by atoms with E-state index in [0.717, 1.165) is 18.0 Å². The normalized spacial score (nSPS) is 29.4. The molecule has 0 aromatic heterocycles. The van der Waals surface area contributed by atoms with Crippen molar-refractivity contribution < 1.29 is 14.3 Å². The summed E-state index contributed by atoms with van der Waals surface area (Å²) in [5.74, 6) is 1.50. The molecule has 1 saturated heterocycles. The Morgan fingerprint density at radius 1 is 1.27 bits per heavy atom. The first-order chi connectivity index (χ1) is 12.6. The van der Waals surface area contributed by atoms with Gasteiger partial charge >= 0.3 is 6.09 Å². The van der Waals surface area contributed by atoms with Crippen LogP contribution < -0.4 is 5.32 Å². The molecule has 144 valence electrons. The van der Waals surface area contributed by atoms with Crippen molar-refractivity contribution in [3.63, 3.8) is 0 Å². The summed E-state index contributed by atoms with van der Waals surface area (Å²) in [6.45, 7) is 7.55. The van der Waals surface area contributed by atoms with Gasteiger partial charge in [0, 0.05) is 19.1 Å². The molecule has 5 heteroatoms. The zero-order valence-corrected chi connectivity index (χ0v) is 16.0. The van der Waals surface area contributed by atoms with E-state index in [4.69, 9.17) is 9.47 Å². The number of benzene rings is 1. The molecule has 4 atom stereocenters. The first kappa shape index (κ1) is 19.2. The number of nitrogens with zero attached hydrogens (tertiary/aromatic N) is 1. The smallest absolute Gasteiger partial charge is 0.410 e. The van der Waals surface area contributed by atoms with Crippen LogP contribution in [0.1, 0.15) is 38.7 Å². The third-order valence-electron chi connectivity index (χ3n) is 5.67. The number of nitrogens with one attached hydrogen (secondary N) is 1. The Bertz CT molecular complexity index is 566. The molecule has 1 heterocycles. The maximum absolute atomic E-state index is 12.3. The molecule has 26 heavy (non-hydrogen) atoms. The number of carbonyl (C=O) groups excluding carboxylic acids is 1. The van der Waals surface area contributed by atoms with Crippen LogP contribution in [0.4, 0.5) is 4.79 Å². The summed E-state index contributed by atoms with van der Waals surface area (Å²) in [6.07, 6.45) is 3.65. The molecule has 0 bridgehead atoms. The largest absolute Gasteiger partial charge is 0.445 e. The number of ether oxygens (including phenoxy) is 2. The van der Waals surface area contributed by atoms with Crippen molar-refractivity contribution in [1.82, 2.24) is 10.2 Å². The third-order valence-corrected chi connectivity index (χ3v) is 5.67. The minimum atomic E-state index is -0.248. The molecule has 5 nitrogen and oxygen atoms in total. The van der Waals surface area contributed by atoms with Crippen molar-refractivity contribution in [3.8, 4) is 0 Å². The molecule has 1 amide bonds. The van der Waals surface area contributed by atoms with Gasteiger partial charge in [0.05, 0.1) is 19.3 Å². The standard InChI is InChI=1S/C21H32N2O3/c1-16-8-9-17(2)20(12-16)22-13-19-14-23(10-11-25-19)21(24)26-15-18-6-4-3-5-7-18/h3-7,16-17,19-20,22H,8-15H2,1-2H3. The fourth-order valence-electron chi connectivity index (χ4n) is 3.92. The lowest BCUT2D eigenvalue weighted by molar-refractivity contribution is -0.0293. The van der Waals surface area contributed by atoms with Crippen LogP contribution in [0.2, 0.25) is 0 Å². The molecule has 1 aromatic carbocycles. The van der Waals surface area contributed by atoms with E-state index < -0.39 is 0 Å². The van der Waals surface area contributed by atoms with E-state index in [0.29, 0.717) is 38.3 Å². The number of hydrogen-bond acceptors (Lipinski definition) is 4. The van der Waals surface area contributed by atoms with Crippen LogP contribution in [0, 0.1) is 11.8 Å². The average Bonchev–Trinajstić information content (AvgIpc) is 2.68. The molecule has 0 spiro atoms. The average molecular weight is 360 g/mol. The molecule has 2 fully saturated rings. The van der Waals surface area contributed by atoms with E-state index in [9.17, 15) is 4.79 Å². The van der Waals surface area contributed by atoms with Gasteiger partial charge in [0.2, 0.25) is 0 Å². The van der Waals surface area contributed by atoms with E-state index in [1.165, 1.54) is 19.3 Å². The highest BCUT2D eigenvalue weighted by Gasteiger charge is 2.29. The van der Waals surface area contributed by atoms with Gasteiger partial charge < -0.3 is 19.7 Å². The highest BCUT2D eigenvalue weighted by molar-refractivity contribution is 5.67. The molecule has 1 N–H and O–H groups in total. The molecule has 1 aromatic rings. The lowest BCUT2D eigenvalue weighted by Gasteiger charge is -2.36. The van der Waals surface area contributed by atoms with Crippen LogP contribution in [0.3, 0.4) is 0 Å². The second-order valence-electron chi connectivity index (χ2n) is 7.89. The lowest BCUT2D eigenvalue weighted by atomic mass is 9.80. The van der Waals surface area contributed by atoms with Crippen molar-refractivity contribution in [2.75, 3.05) is 26.2 Å². The molecular formula is C21H32N2O3. The highest BCUT2D eigenvalue weighted by Crippen LogP contribution is 2.28. The summed E-state index contributed by atoms with van der Waals surface area (Å²) in [7, 11) is 0. The fraction of sp³-hybridized carbons (Fsp3) is 0.667. The van der Waals surface area contributed by atoms with E-state index >= 15 is 0 Å². The number of hydrogen-bond donors (Lipinski definition) is 1. The minimum absolute atomic E-state index is 0.0393. The van der Waals surface area contributed by atoms with Crippen molar-refractivity contribution >= 4 is 6.09 Å². The monoisotopic (exact) mass is 360 g/mol. The molecule has 1 saturated carbocycles. The first-order valence-corrected chi connectivity index (χ1v) is 9.92. The Balaban J connectivity index is 1.42. The molecule has 3 rings (SSSR count). The first-order valence-electron chi connectivity index (χ1n) is 9.92. The van der Waals surface area contributed by atoms with Crippen molar-refractivity contribution in [1.29, 1.82) is 0 Å². The van der Waals surface area contributed by atoms with Crippen molar-refractivity contribution in [2.45, 2.75) is 51.9 Å². The molecule has 1 aliphatic carbocycles. The zero-order valence-electron chi connectivity index (χ0n) is 16.0.